The number of benzene rings is 1. The zero-order chi connectivity index (χ0) is 17.2. The standard InChI is InChI=1S/C17H23N3O3S/c1-24(22,23)20-10-7-13(8-11-20)17(21)18-9-6-15-12-14-4-2-3-5-16(14)19-15/h2-5,12-13,19H,6-11H2,1H3,(H,18,21). The van der Waals surface area contributed by atoms with Gasteiger partial charge in [-0.2, -0.15) is 0 Å². The number of piperidine rings is 1. The van der Waals surface area contributed by atoms with E-state index in [1.165, 1.54) is 15.9 Å². The molecular formula is C17H23N3O3S. The molecule has 2 aromatic rings. The highest BCUT2D eigenvalue weighted by molar-refractivity contribution is 7.88. The van der Waals surface area contributed by atoms with E-state index in [1.807, 2.05) is 18.2 Å². The van der Waals surface area contributed by atoms with Crippen molar-refractivity contribution in [2.75, 3.05) is 25.9 Å². The van der Waals surface area contributed by atoms with Gasteiger partial charge in [-0.05, 0) is 30.4 Å². The minimum atomic E-state index is -3.14. The summed E-state index contributed by atoms with van der Waals surface area (Å²) in [5, 5.41) is 4.14. The number of hydrogen-bond donors (Lipinski definition) is 2. The van der Waals surface area contributed by atoms with Crippen molar-refractivity contribution in [3.63, 3.8) is 0 Å². The van der Waals surface area contributed by atoms with Crippen molar-refractivity contribution in [1.82, 2.24) is 14.6 Å². The molecule has 0 saturated carbocycles. The third-order valence-electron chi connectivity index (χ3n) is 4.57. The van der Waals surface area contributed by atoms with Crippen LogP contribution >= 0.6 is 0 Å². The molecule has 3 rings (SSSR count). The Balaban J connectivity index is 1.46. The second-order valence-corrected chi connectivity index (χ2v) is 8.34. The molecule has 1 aliphatic heterocycles. The van der Waals surface area contributed by atoms with Gasteiger partial charge in [-0.25, -0.2) is 12.7 Å². The number of carbonyl (C=O) groups excluding carboxylic acids is 1. The number of sulfonamides is 1. The van der Waals surface area contributed by atoms with Gasteiger partial charge in [0.05, 0.1) is 6.26 Å². The van der Waals surface area contributed by atoms with Crippen molar-refractivity contribution in [3.05, 3.63) is 36.0 Å². The minimum absolute atomic E-state index is 0.0271. The minimum Gasteiger partial charge on any atom is -0.358 e. The van der Waals surface area contributed by atoms with Crippen molar-refractivity contribution < 1.29 is 13.2 Å². The summed E-state index contributed by atoms with van der Waals surface area (Å²) in [4.78, 5) is 15.6. The molecule has 130 valence electrons. The monoisotopic (exact) mass is 349 g/mol. The summed E-state index contributed by atoms with van der Waals surface area (Å²) >= 11 is 0. The highest BCUT2D eigenvalue weighted by Crippen LogP contribution is 2.19. The van der Waals surface area contributed by atoms with Crippen molar-refractivity contribution in [3.8, 4) is 0 Å². The number of hydrogen-bond acceptors (Lipinski definition) is 3. The molecule has 0 bridgehead atoms. The maximum atomic E-state index is 12.2. The number of para-hydroxylation sites is 1. The van der Waals surface area contributed by atoms with Crippen molar-refractivity contribution in [1.29, 1.82) is 0 Å². The third kappa shape index (κ3) is 3.96. The van der Waals surface area contributed by atoms with E-state index >= 15 is 0 Å². The van der Waals surface area contributed by atoms with E-state index in [4.69, 9.17) is 0 Å². The predicted molar refractivity (Wildman–Crippen MR) is 94.2 cm³/mol. The van der Waals surface area contributed by atoms with E-state index in [9.17, 15) is 13.2 Å². The quantitative estimate of drug-likeness (QED) is 0.858. The first kappa shape index (κ1) is 17.0. The van der Waals surface area contributed by atoms with E-state index in [2.05, 4.69) is 22.4 Å². The summed E-state index contributed by atoms with van der Waals surface area (Å²) in [6, 6.07) is 10.2. The summed E-state index contributed by atoms with van der Waals surface area (Å²) in [6.07, 6.45) is 3.15. The number of H-pyrrole nitrogens is 1. The van der Waals surface area contributed by atoms with Crippen LogP contribution in [0.25, 0.3) is 10.9 Å². The highest BCUT2D eigenvalue weighted by atomic mass is 32.2. The smallest absolute Gasteiger partial charge is 0.223 e. The fourth-order valence-electron chi connectivity index (χ4n) is 3.18. The topological polar surface area (TPSA) is 82.3 Å². The lowest BCUT2D eigenvalue weighted by molar-refractivity contribution is -0.126. The van der Waals surface area contributed by atoms with E-state index in [1.54, 1.807) is 0 Å². The average molecular weight is 349 g/mol. The normalized spacial score (nSPS) is 17.2. The Bertz CT molecular complexity index is 787. The Hall–Kier alpha value is -1.86. The van der Waals surface area contributed by atoms with Crippen molar-refractivity contribution in [2.45, 2.75) is 19.3 Å². The summed E-state index contributed by atoms with van der Waals surface area (Å²) in [7, 11) is -3.14. The summed E-state index contributed by atoms with van der Waals surface area (Å²) in [5.41, 5.74) is 2.20. The molecule has 0 atom stereocenters. The van der Waals surface area contributed by atoms with Gasteiger partial charge < -0.3 is 10.3 Å². The maximum absolute atomic E-state index is 12.2. The van der Waals surface area contributed by atoms with Crippen LogP contribution in [0, 0.1) is 5.92 Å². The molecule has 0 unspecified atom stereocenters. The average Bonchev–Trinajstić information content (AvgIpc) is 2.96. The van der Waals surface area contributed by atoms with Gasteiger partial charge in [0.1, 0.15) is 0 Å². The zero-order valence-electron chi connectivity index (χ0n) is 13.8. The number of fused-ring (bicyclic) bond motifs is 1. The Morgan fingerprint density at radius 1 is 1.29 bits per heavy atom. The molecule has 2 heterocycles. The number of carbonyl (C=O) groups is 1. The van der Waals surface area contributed by atoms with E-state index in [-0.39, 0.29) is 11.8 Å². The summed E-state index contributed by atoms with van der Waals surface area (Å²) < 4.78 is 24.4. The predicted octanol–water partition coefficient (Wildman–Crippen LogP) is 1.50. The molecule has 1 amide bonds. The number of nitrogens with one attached hydrogen (secondary N) is 2. The van der Waals surface area contributed by atoms with Gasteiger partial charge in [0.25, 0.3) is 0 Å². The van der Waals surface area contributed by atoms with Crippen LogP contribution in [0.1, 0.15) is 18.5 Å². The molecule has 6 nitrogen and oxygen atoms in total. The Morgan fingerprint density at radius 3 is 2.67 bits per heavy atom. The Labute approximate surface area is 142 Å². The van der Waals surface area contributed by atoms with Crippen LogP contribution < -0.4 is 5.32 Å². The van der Waals surface area contributed by atoms with Crippen LogP contribution in [-0.2, 0) is 21.2 Å². The zero-order valence-corrected chi connectivity index (χ0v) is 14.6. The van der Waals surface area contributed by atoms with Crippen LogP contribution in [0.15, 0.2) is 30.3 Å². The SMILES string of the molecule is CS(=O)(=O)N1CCC(C(=O)NCCc2cc3ccccc3[nH]2)CC1. The molecule has 0 radical (unpaired) electrons. The first-order valence-electron chi connectivity index (χ1n) is 8.23. The lowest BCUT2D eigenvalue weighted by Gasteiger charge is -2.29. The van der Waals surface area contributed by atoms with E-state index in [0.29, 0.717) is 32.5 Å². The highest BCUT2D eigenvalue weighted by Gasteiger charge is 2.28. The second-order valence-electron chi connectivity index (χ2n) is 6.36. The molecule has 7 heteroatoms. The number of nitrogens with zero attached hydrogens (tertiary/aromatic N) is 1. The molecule has 2 N–H and O–H groups in total. The lowest BCUT2D eigenvalue weighted by Crippen LogP contribution is -2.42. The van der Waals surface area contributed by atoms with Crippen molar-refractivity contribution >= 4 is 26.8 Å². The molecule has 0 spiro atoms. The second kappa shape index (κ2) is 6.94. The van der Waals surface area contributed by atoms with Crippen LogP contribution in [-0.4, -0.2) is 49.5 Å². The van der Waals surface area contributed by atoms with E-state index in [0.717, 1.165) is 17.6 Å². The molecule has 1 fully saturated rings. The fourth-order valence-corrected chi connectivity index (χ4v) is 4.06. The summed E-state index contributed by atoms with van der Waals surface area (Å²) in [5.74, 6) is -0.0648. The third-order valence-corrected chi connectivity index (χ3v) is 5.88. The van der Waals surface area contributed by atoms with Crippen LogP contribution in [0.3, 0.4) is 0 Å². The van der Waals surface area contributed by atoms with E-state index < -0.39 is 10.0 Å². The van der Waals surface area contributed by atoms with Gasteiger partial charge >= 0.3 is 0 Å². The molecular weight excluding hydrogens is 326 g/mol. The van der Waals surface area contributed by atoms with Crippen LogP contribution in [0.5, 0.6) is 0 Å². The largest absolute Gasteiger partial charge is 0.358 e. The maximum Gasteiger partial charge on any atom is 0.223 e. The molecule has 1 saturated heterocycles. The molecule has 0 aliphatic carbocycles. The number of aromatic amines is 1. The molecule has 24 heavy (non-hydrogen) atoms. The van der Waals surface area contributed by atoms with Gasteiger partial charge in [0, 0.05) is 43.2 Å². The summed E-state index contributed by atoms with van der Waals surface area (Å²) in [6.45, 7) is 1.44. The van der Waals surface area contributed by atoms with Crippen molar-refractivity contribution in [2.24, 2.45) is 5.92 Å². The number of amides is 1. The van der Waals surface area contributed by atoms with Crippen LogP contribution in [0.2, 0.25) is 0 Å². The number of rotatable bonds is 5. The van der Waals surface area contributed by atoms with Gasteiger partial charge in [-0.3, -0.25) is 4.79 Å². The van der Waals surface area contributed by atoms with Gasteiger partial charge in [-0.15, -0.1) is 0 Å². The fraction of sp³-hybridized carbons (Fsp3) is 0.471. The number of aromatic nitrogens is 1. The Morgan fingerprint density at radius 2 is 2.00 bits per heavy atom. The van der Waals surface area contributed by atoms with Gasteiger partial charge in [0.2, 0.25) is 15.9 Å². The first-order valence-corrected chi connectivity index (χ1v) is 10.1. The first-order chi connectivity index (χ1) is 11.4. The van der Waals surface area contributed by atoms with Gasteiger partial charge in [-0.1, -0.05) is 18.2 Å². The molecule has 1 aromatic heterocycles. The van der Waals surface area contributed by atoms with Gasteiger partial charge in [0.15, 0.2) is 0 Å². The molecule has 1 aromatic carbocycles. The lowest BCUT2D eigenvalue weighted by atomic mass is 9.97. The molecule has 1 aliphatic rings. The Kier molecular flexibility index (Phi) is 4.91. The van der Waals surface area contributed by atoms with Crippen LogP contribution in [0.4, 0.5) is 0 Å².